The third-order valence-electron chi connectivity index (χ3n) is 2.54. The van der Waals surface area contributed by atoms with Crippen molar-refractivity contribution in [1.29, 1.82) is 0 Å². The normalized spacial score (nSPS) is 17.2. The number of hydrogen-bond donors (Lipinski definition) is 0. The lowest BCUT2D eigenvalue weighted by Gasteiger charge is -2.02. The van der Waals surface area contributed by atoms with E-state index in [1.807, 2.05) is 16.8 Å². The number of rotatable bonds is 0. The van der Waals surface area contributed by atoms with Gasteiger partial charge in [-0.15, -0.1) is 0 Å². The van der Waals surface area contributed by atoms with Gasteiger partial charge in [-0.1, -0.05) is 0 Å². The zero-order valence-electron chi connectivity index (χ0n) is 7.34. The second-order valence-electron chi connectivity index (χ2n) is 3.42. The summed E-state index contributed by atoms with van der Waals surface area (Å²) in [4.78, 5) is 11.5. The van der Waals surface area contributed by atoms with Gasteiger partial charge < -0.3 is 0 Å². The van der Waals surface area contributed by atoms with Crippen LogP contribution >= 0.6 is 0 Å². The summed E-state index contributed by atoms with van der Waals surface area (Å²) in [6, 6.07) is 2.03. The highest BCUT2D eigenvalue weighted by atomic mass is 16.2. The first-order valence-electron chi connectivity index (χ1n) is 4.49. The van der Waals surface area contributed by atoms with Crippen LogP contribution in [-0.2, 0) is 6.42 Å². The Morgan fingerprint density at radius 1 is 1.33 bits per heavy atom. The number of aromatic nitrogens is 1. The molecule has 0 radical (unpaired) electrons. The number of nitrogens with zero attached hydrogens (tertiary/aromatic N) is 1. The summed E-state index contributed by atoms with van der Waals surface area (Å²) in [5.74, 6) is 0.260. The Morgan fingerprint density at radius 2 is 2.08 bits per heavy atom. The monoisotopic (exact) mass is 163 g/mol. The molecule has 0 unspecified atom stereocenters. The smallest absolute Gasteiger partial charge is 0.230 e. The summed E-state index contributed by atoms with van der Waals surface area (Å²) < 4.78 is 1.82. The molecule has 0 spiro atoms. The Balaban J connectivity index is 2.47. The Labute approximate surface area is 72.2 Å². The van der Waals surface area contributed by atoms with Crippen molar-refractivity contribution in [3.05, 3.63) is 23.5 Å². The highest BCUT2D eigenvalue weighted by Gasteiger charge is 2.15. The molecule has 1 aromatic heterocycles. The molecule has 12 heavy (non-hydrogen) atoms. The van der Waals surface area contributed by atoms with Crippen LogP contribution < -0.4 is 0 Å². The summed E-state index contributed by atoms with van der Waals surface area (Å²) >= 11 is 0. The predicted octanol–water partition coefficient (Wildman–Crippen LogP) is 2.16. The van der Waals surface area contributed by atoms with Gasteiger partial charge in [0, 0.05) is 18.3 Å². The van der Waals surface area contributed by atoms with Crippen LogP contribution in [0, 0.1) is 6.92 Å². The molecule has 0 aliphatic carbocycles. The van der Waals surface area contributed by atoms with Crippen LogP contribution in [0.3, 0.4) is 0 Å². The summed E-state index contributed by atoms with van der Waals surface area (Å²) in [6.45, 7) is 2.07. The molecular formula is C10H13NO. The zero-order chi connectivity index (χ0) is 8.55. The number of fused-ring (bicyclic) bond motifs is 1. The van der Waals surface area contributed by atoms with Crippen molar-refractivity contribution in [1.82, 2.24) is 4.57 Å². The molecule has 0 amide bonds. The van der Waals surface area contributed by atoms with Crippen LogP contribution in [0.2, 0.25) is 0 Å². The molecule has 64 valence electrons. The fourth-order valence-electron chi connectivity index (χ4n) is 1.80. The van der Waals surface area contributed by atoms with Gasteiger partial charge in [0.2, 0.25) is 5.91 Å². The first-order valence-corrected chi connectivity index (χ1v) is 4.49. The SMILES string of the molecule is Cc1ccn2c1CCCCC2=O. The molecule has 0 fully saturated rings. The van der Waals surface area contributed by atoms with Crippen LogP contribution in [0.5, 0.6) is 0 Å². The lowest BCUT2D eigenvalue weighted by atomic mass is 10.1. The average molecular weight is 163 g/mol. The molecule has 0 aromatic carbocycles. The van der Waals surface area contributed by atoms with E-state index in [9.17, 15) is 4.79 Å². The Bertz CT molecular complexity index is 312. The Morgan fingerprint density at radius 3 is 2.92 bits per heavy atom. The number of hydrogen-bond acceptors (Lipinski definition) is 1. The van der Waals surface area contributed by atoms with E-state index < -0.39 is 0 Å². The highest BCUT2D eigenvalue weighted by Crippen LogP contribution is 2.18. The molecule has 2 heteroatoms. The molecule has 2 heterocycles. The van der Waals surface area contributed by atoms with E-state index >= 15 is 0 Å². The molecular weight excluding hydrogens is 150 g/mol. The van der Waals surface area contributed by atoms with Gasteiger partial charge in [0.15, 0.2) is 0 Å². The van der Waals surface area contributed by atoms with Crippen molar-refractivity contribution in [3.63, 3.8) is 0 Å². The summed E-state index contributed by atoms with van der Waals surface area (Å²) in [5, 5.41) is 0. The van der Waals surface area contributed by atoms with E-state index in [2.05, 4.69) is 6.92 Å². The highest BCUT2D eigenvalue weighted by molar-refractivity contribution is 5.80. The van der Waals surface area contributed by atoms with Crippen molar-refractivity contribution in [3.8, 4) is 0 Å². The van der Waals surface area contributed by atoms with Gasteiger partial charge in [0.05, 0.1) is 0 Å². The minimum absolute atomic E-state index is 0.260. The summed E-state index contributed by atoms with van der Waals surface area (Å²) in [5.41, 5.74) is 2.47. The standard InChI is InChI=1S/C10H13NO/c1-8-6-7-11-9(8)4-2-3-5-10(11)12/h6-7H,2-5H2,1H3. The summed E-state index contributed by atoms with van der Waals surface area (Å²) in [7, 11) is 0. The predicted molar refractivity (Wildman–Crippen MR) is 47.4 cm³/mol. The van der Waals surface area contributed by atoms with E-state index in [0.29, 0.717) is 6.42 Å². The second kappa shape index (κ2) is 2.77. The molecule has 1 aliphatic heterocycles. The van der Waals surface area contributed by atoms with Crippen LogP contribution in [0.25, 0.3) is 0 Å². The maximum Gasteiger partial charge on any atom is 0.230 e. The molecule has 1 aromatic rings. The Hall–Kier alpha value is -1.05. The van der Waals surface area contributed by atoms with Gasteiger partial charge in [-0.25, -0.2) is 0 Å². The van der Waals surface area contributed by atoms with Crippen LogP contribution in [-0.4, -0.2) is 10.5 Å². The molecule has 0 N–H and O–H groups in total. The lowest BCUT2D eigenvalue weighted by Crippen LogP contribution is -2.09. The molecule has 2 rings (SSSR count). The van der Waals surface area contributed by atoms with Crippen molar-refractivity contribution < 1.29 is 4.79 Å². The lowest BCUT2D eigenvalue weighted by molar-refractivity contribution is 0.0903. The van der Waals surface area contributed by atoms with Gasteiger partial charge in [0.1, 0.15) is 0 Å². The number of aryl methyl sites for hydroxylation is 1. The fraction of sp³-hybridized carbons (Fsp3) is 0.500. The third kappa shape index (κ3) is 1.07. The van der Waals surface area contributed by atoms with Crippen molar-refractivity contribution in [2.45, 2.75) is 32.6 Å². The van der Waals surface area contributed by atoms with Crippen molar-refractivity contribution in [2.24, 2.45) is 0 Å². The first-order chi connectivity index (χ1) is 5.79. The third-order valence-corrected chi connectivity index (χ3v) is 2.54. The molecule has 0 atom stereocenters. The van der Waals surface area contributed by atoms with Crippen LogP contribution in [0.15, 0.2) is 12.3 Å². The van der Waals surface area contributed by atoms with Crippen molar-refractivity contribution in [2.75, 3.05) is 0 Å². The molecule has 0 bridgehead atoms. The average Bonchev–Trinajstić information content (AvgIpc) is 2.30. The first kappa shape index (κ1) is 7.59. The van der Waals surface area contributed by atoms with Gasteiger partial charge in [-0.05, 0) is 37.8 Å². The number of carbonyl (C=O) groups is 1. The van der Waals surface area contributed by atoms with E-state index in [1.54, 1.807) is 0 Å². The van der Waals surface area contributed by atoms with Crippen LogP contribution in [0.4, 0.5) is 0 Å². The number of carbonyl (C=O) groups excluding carboxylic acids is 1. The maximum atomic E-state index is 11.5. The van der Waals surface area contributed by atoms with Crippen LogP contribution in [0.1, 0.15) is 35.3 Å². The van der Waals surface area contributed by atoms with E-state index in [4.69, 9.17) is 0 Å². The Kier molecular flexibility index (Phi) is 1.75. The van der Waals surface area contributed by atoms with Gasteiger partial charge in [0.25, 0.3) is 0 Å². The van der Waals surface area contributed by atoms with Gasteiger partial charge in [-0.2, -0.15) is 0 Å². The molecule has 0 saturated heterocycles. The largest absolute Gasteiger partial charge is 0.291 e. The van der Waals surface area contributed by atoms with Crippen molar-refractivity contribution >= 4 is 5.91 Å². The van der Waals surface area contributed by atoms with Gasteiger partial charge >= 0.3 is 0 Å². The van der Waals surface area contributed by atoms with E-state index in [-0.39, 0.29) is 5.91 Å². The van der Waals surface area contributed by atoms with Gasteiger partial charge in [-0.3, -0.25) is 9.36 Å². The summed E-state index contributed by atoms with van der Waals surface area (Å²) in [6.07, 6.45) is 5.86. The zero-order valence-corrected chi connectivity index (χ0v) is 7.34. The topological polar surface area (TPSA) is 22.0 Å². The quantitative estimate of drug-likeness (QED) is 0.574. The molecule has 0 saturated carbocycles. The fourth-order valence-corrected chi connectivity index (χ4v) is 1.80. The second-order valence-corrected chi connectivity index (χ2v) is 3.42. The minimum atomic E-state index is 0.260. The van der Waals surface area contributed by atoms with E-state index in [0.717, 1.165) is 19.3 Å². The maximum absolute atomic E-state index is 11.5. The molecule has 1 aliphatic rings. The molecule has 2 nitrogen and oxygen atoms in total. The minimum Gasteiger partial charge on any atom is -0.291 e. The van der Waals surface area contributed by atoms with E-state index in [1.165, 1.54) is 11.3 Å².